The summed E-state index contributed by atoms with van der Waals surface area (Å²) in [5, 5.41) is 2.88. The second kappa shape index (κ2) is 6.58. The number of piperidine rings is 1. The zero-order valence-electron chi connectivity index (χ0n) is 14.8. The second-order valence-electron chi connectivity index (χ2n) is 7.53. The Kier molecular flexibility index (Phi) is 4.57. The number of rotatable bonds is 3. The van der Waals surface area contributed by atoms with E-state index in [-0.39, 0.29) is 48.6 Å². The van der Waals surface area contributed by atoms with Crippen LogP contribution in [0, 0.1) is 17.7 Å². The van der Waals surface area contributed by atoms with Crippen molar-refractivity contribution >= 4 is 27.2 Å². The molecule has 3 aliphatic rings. The molecule has 1 aromatic carbocycles. The van der Waals surface area contributed by atoms with Gasteiger partial charge >= 0.3 is 6.18 Å². The molecule has 0 unspecified atom stereocenters. The Labute approximate surface area is 159 Å². The average molecular weight is 420 g/mol. The van der Waals surface area contributed by atoms with E-state index in [2.05, 4.69) is 9.71 Å². The van der Waals surface area contributed by atoms with E-state index in [1.807, 2.05) is 0 Å². The van der Waals surface area contributed by atoms with Crippen LogP contribution in [0.4, 0.5) is 28.9 Å². The predicted molar refractivity (Wildman–Crippen MR) is 96.3 cm³/mol. The van der Waals surface area contributed by atoms with Gasteiger partial charge in [0.2, 0.25) is 0 Å². The summed E-state index contributed by atoms with van der Waals surface area (Å²) in [5.74, 6) is -1.08. The number of nitrogens with two attached hydrogens (primary N) is 1. The molecule has 0 radical (unpaired) electrons. The zero-order chi connectivity index (χ0) is 20.3. The monoisotopic (exact) mass is 420 g/mol. The molecule has 1 saturated heterocycles. The number of halogens is 4. The van der Waals surface area contributed by atoms with Crippen molar-refractivity contribution in [3.8, 4) is 0 Å². The van der Waals surface area contributed by atoms with Crippen LogP contribution in [0.15, 0.2) is 21.4 Å². The summed E-state index contributed by atoms with van der Waals surface area (Å²) in [6.07, 6.45) is -2.87. The Morgan fingerprint density at radius 3 is 2.57 bits per heavy atom. The first-order valence-corrected chi connectivity index (χ1v) is 10.5. The molecular formula is C17H20F4N4O2S. The molecule has 2 aliphatic heterocycles. The summed E-state index contributed by atoms with van der Waals surface area (Å²) in [6.45, 7) is 0.131. The van der Waals surface area contributed by atoms with E-state index in [1.165, 1.54) is 0 Å². The van der Waals surface area contributed by atoms with Gasteiger partial charge in [0.25, 0.3) is 10.0 Å². The van der Waals surface area contributed by atoms with Gasteiger partial charge in [0.1, 0.15) is 22.6 Å². The van der Waals surface area contributed by atoms with Crippen molar-refractivity contribution in [1.29, 1.82) is 0 Å². The number of anilines is 2. The number of alkyl halides is 3. The fourth-order valence-electron chi connectivity index (χ4n) is 3.84. The summed E-state index contributed by atoms with van der Waals surface area (Å²) in [6, 6.07) is -0.115. The first-order valence-electron chi connectivity index (χ1n) is 9.09. The van der Waals surface area contributed by atoms with Crippen molar-refractivity contribution in [2.24, 2.45) is 22.0 Å². The van der Waals surface area contributed by atoms with Gasteiger partial charge in [-0.15, -0.1) is 4.40 Å². The van der Waals surface area contributed by atoms with Crippen molar-refractivity contribution in [1.82, 2.24) is 0 Å². The molecule has 0 aromatic heterocycles. The van der Waals surface area contributed by atoms with Crippen LogP contribution in [-0.4, -0.2) is 39.6 Å². The minimum absolute atomic E-state index is 0.000428. The third-order valence-electron chi connectivity index (χ3n) is 5.49. The van der Waals surface area contributed by atoms with Crippen LogP contribution >= 0.6 is 0 Å². The number of sulfonamides is 1. The Morgan fingerprint density at radius 1 is 1.25 bits per heavy atom. The van der Waals surface area contributed by atoms with Gasteiger partial charge in [-0.05, 0) is 50.3 Å². The van der Waals surface area contributed by atoms with Gasteiger partial charge in [-0.25, -0.2) is 4.39 Å². The van der Waals surface area contributed by atoms with Crippen molar-refractivity contribution in [2.45, 2.75) is 42.8 Å². The minimum atomic E-state index is -4.56. The van der Waals surface area contributed by atoms with E-state index in [9.17, 15) is 26.0 Å². The third-order valence-corrected chi connectivity index (χ3v) is 6.81. The van der Waals surface area contributed by atoms with Crippen molar-refractivity contribution in [2.75, 3.05) is 23.3 Å². The lowest BCUT2D eigenvalue weighted by atomic mass is 9.90. The Hall–Kier alpha value is -1.88. The molecule has 2 atom stereocenters. The van der Waals surface area contributed by atoms with E-state index in [0.29, 0.717) is 6.42 Å². The van der Waals surface area contributed by atoms with Crippen LogP contribution in [0.1, 0.15) is 25.7 Å². The first kappa shape index (κ1) is 19.4. The molecular weight excluding hydrogens is 400 g/mol. The number of hydrogen-bond donors (Lipinski definition) is 2. The lowest BCUT2D eigenvalue weighted by Gasteiger charge is -2.42. The Bertz CT molecular complexity index is 928. The van der Waals surface area contributed by atoms with E-state index in [1.54, 1.807) is 0 Å². The molecule has 2 heterocycles. The van der Waals surface area contributed by atoms with Crippen molar-refractivity contribution < 1.29 is 26.0 Å². The maximum absolute atomic E-state index is 14.2. The van der Waals surface area contributed by atoms with Crippen molar-refractivity contribution in [3.63, 3.8) is 0 Å². The molecule has 3 N–H and O–H groups in total. The van der Waals surface area contributed by atoms with Gasteiger partial charge in [0.05, 0.1) is 11.4 Å². The van der Waals surface area contributed by atoms with Crippen LogP contribution < -0.4 is 16.0 Å². The van der Waals surface area contributed by atoms with Gasteiger partial charge < -0.3 is 16.0 Å². The highest BCUT2D eigenvalue weighted by Crippen LogP contribution is 2.45. The molecule has 0 amide bonds. The van der Waals surface area contributed by atoms with E-state index in [4.69, 9.17) is 5.73 Å². The number of nitrogens with zero attached hydrogens (tertiary/aromatic N) is 2. The number of nitrogens with one attached hydrogen (secondary N) is 1. The van der Waals surface area contributed by atoms with E-state index < -0.39 is 33.0 Å². The van der Waals surface area contributed by atoms with Gasteiger partial charge in [-0.2, -0.15) is 21.6 Å². The zero-order valence-corrected chi connectivity index (χ0v) is 15.7. The molecule has 154 valence electrons. The molecule has 1 aromatic rings. The second-order valence-corrected chi connectivity index (χ2v) is 9.10. The highest BCUT2D eigenvalue weighted by Gasteiger charge is 2.48. The third kappa shape index (κ3) is 3.45. The van der Waals surface area contributed by atoms with Crippen LogP contribution in [0.5, 0.6) is 0 Å². The molecule has 4 rings (SSSR count). The molecule has 2 fully saturated rings. The molecule has 1 saturated carbocycles. The van der Waals surface area contributed by atoms with Crippen LogP contribution in [0.2, 0.25) is 0 Å². The van der Waals surface area contributed by atoms with E-state index in [0.717, 1.165) is 29.9 Å². The highest BCUT2D eigenvalue weighted by atomic mass is 32.2. The van der Waals surface area contributed by atoms with Crippen LogP contribution in [-0.2, 0) is 10.0 Å². The fraction of sp³-hybridized carbons (Fsp3) is 0.588. The van der Waals surface area contributed by atoms with Gasteiger partial charge in [0.15, 0.2) is 0 Å². The minimum Gasteiger partial charge on any atom is -0.358 e. The smallest absolute Gasteiger partial charge is 0.358 e. The molecule has 1 aliphatic carbocycles. The lowest BCUT2D eigenvalue weighted by Crippen LogP contribution is -2.52. The molecule has 0 spiro atoms. The van der Waals surface area contributed by atoms with Gasteiger partial charge in [-0.3, -0.25) is 0 Å². The number of benzene rings is 1. The molecule has 0 bridgehead atoms. The predicted octanol–water partition coefficient (Wildman–Crippen LogP) is 2.85. The summed E-state index contributed by atoms with van der Waals surface area (Å²) in [4.78, 5) is 0.612. The van der Waals surface area contributed by atoms with Gasteiger partial charge in [-0.1, -0.05) is 0 Å². The lowest BCUT2D eigenvalue weighted by molar-refractivity contribution is -0.155. The van der Waals surface area contributed by atoms with Crippen molar-refractivity contribution in [3.05, 3.63) is 17.9 Å². The summed E-state index contributed by atoms with van der Waals surface area (Å²) in [7, 11) is -4.19. The Balaban J connectivity index is 1.82. The maximum Gasteiger partial charge on any atom is 0.408 e. The standard InChI is InChI=1S/C17H20F4N4O2S/c18-11-6-12(25-4-3-9(8-22)5-14(25)17(19,20)21)15-13(7-11)28(26,27)24-16(23-15)10-1-2-10/h6-7,9-10,14H,1-5,8,22H2,(H,23,24)/t9-,14+/m1/s1. The maximum atomic E-state index is 14.2. The normalized spacial score (nSPS) is 27.0. The Morgan fingerprint density at radius 2 is 1.96 bits per heavy atom. The summed E-state index contributed by atoms with van der Waals surface area (Å²) >= 11 is 0. The largest absolute Gasteiger partial charge is 0.408 e. The summed E-state index contributed by atoms with van der Waals surface area (Å²) in [5.41, 5.74) is 5.43. The summed E-state index contributed by atoms with van der Waals surface area (Å²) < 4.78 is 84.2. The van der Waals surface area contributed by atoms with Crippen LogP contribution in [0.25, 0.3) is 0 Å². The molecule has 11 heteroatoms. The van der Waals surface area contributed by atoms with Gasteiger partial charge in [0, 0.05) is 12.5 Å². The SMILES string of the molecule is NC[C@@H]1CCN(c2cc(F)cc3c2NC(C2CC2)=NS3(=O)=O)[C@H](C(F)(F)F)C1. The number of hydrogen-bond acceptors (Lipinski definition) is 5. The van der Waals surface area contributed by atoms with E-state index >= 15 is 0 Å². The average Bonchev–Trinajstić information content (AvgIpc) is 3.45. The number of fused-ring (bicyclic) bond motifs is 1. The number of amidine groups is 1. The highest BCUT2D eigenvalue weighted by molar-refractivity contribution is 7.90. The molecule has 6 nitrogen and oxygen atoms in total. The first-order chi connectivity index (χ1) is 13.1. The van der Waals surface area contributed by atoms with Crippen LogP contribution in [0.3, 0.4) is 0 Å². The quantitative estimate of drug-likeness (QED) is 0.735. The topological polar surface area (TPSA) is 87.8 Å². The molecule has 28 heavy (non-hydrogen) atoms. The fourth-order valence-corrected chi connectivity index (χ4v) is 5.06.